The van der Waals surface area contributed by atoms with E-state index in [0.29, 0.717) is 18.0 Å². The van der Waals surface area contributed by atoms with Gasteiger partial charge in [-0.15, -0.1) is 11.3 Å². The normalized spacial score (nSPS) is 12.7. The maximum absolute atomic E-state index is 12.1. The lowest BCUT2D eigenvalue weighted by atomic mass is 9.95. The molecule has 0 unspecified atom stereocenters. The number of urea groups is 1. The van der Waals surface area contributed by atoms with Gasteiger partial charge in [0, 0.05) is 17.0 Å². The van der Waals surface area contributed by atoms with Crippen LogP contribution in [0.3, 0.4) is 0 Å². The Morgan fingerprint density at radius 2 is 1.81 bits per heavy atom. The molecule has 0 spiro atoms. The fourth-order valence-electron chi connectivity index (χ4n) is 3.56. The van der Waals surface area contributed by atoms with Crippen molar-refractivity contribution in [2.24, 2.45) is 17.4 Å². The molecular weight excluding hydrogens is 428 g/mol. The van der Waals surface area contributed by atoms with E-state index in [2.05, 4.69) is 5.32 Å². The Kier molecular flexibility index (Phi) is 8.03. The minimum atomic E-state index is -0.837. The van der Waals surface area contributed by atoms with Gasteiger partial charge in [-0.1, -0.05) is 32.0 Å². The monoisotopic (exact) mass is 460 g/mol. The molecule has 0 saturated heterocycles. The Morgan fingerprint density at radius 1 is 1.16 bits per heavy atom. The third-order valence-corrected chi connectivity index (χ3v) is 6.12. The number of aliphatic carboxylic acids is 1. The molecule has 8 nitrogen and oxygen atoms in total. The molecule has 3 amide bonds. The van der Waals surface area contributed by atoms with Gasteiger partial charge in [0.05, 0.1) is 5.56 Å². The van der Waals surface area contributed by atoms with Crippen molar-refractivity contribution in [3.05, 3.63) is 41.5 Å². The summed E-state index contributed by atoms with van der Waals surface area (Å²) >= 11 is 1.20. The summed E-state index contributed by atoms with van der Waals surface area (Å²) in [5.41, 5.74) is 12.2. The molecule has 2 rings (SSSR count). The molecule has 32 heavy (non-hydrogen) atoms. The number of thiophene rings is 1. The van der Waals surface area contributed by atoms with Crippen LogP contribution in [0.5, 0.6) is 0 Å². The van der Waals surface area contributed by atoms with Crippen LogP contribution in [-0.2, 0) is 11.3 Å². The number of nitrogens with zero attached hydrogens (tertiary/aromatic N) is 1. The van der Waals surface area contributed by atoms with Gasteiger partial charge < -0.3 is 16.6 Å². The number of rotatable bonds is 9. The Bertz CT molecular complexity index is 994. The number of carbonyl (C=O) groups excluding carboxylic acids is 2. The van der Waals surface area contributed by atoms with Crippen molar-refractivity contribution in [2.75, 3.05) is 5.32 Å². The second-order valence-corrected chi connectivity index (χ2v) is 10.2. The molecule has 0 aliphatic carbocycles. The Hall–Kier alpha value is -2.91. The highest BCUT2D eigenvalue weighted by Gasteiger charge is 2.34. The average molecular weight is 461 g/mol. The topological polar surface area (TPSA) is 139 Å². The van der Waals surface area contributed by atoms with Gasteiger partial charge in [-0.05, 0) is 56.4 Å². The van der Waals surface area contributed by atoms with E-state index in [4.69, 9.17) is 11.5 Å². The van der Waals surface area contributed by atoms with E-state index in [9.17, 15) is 19.5 Å². The van der Waals surface area contributed by atoms with Crippen LogP contribution in [0.4, 0.5) is 9.80 Å². The summed E-state index contributed by atoms with van der Waals surface area (Å²) in [5.74, 6) is -1.26. The van der Waals surface area contributed by atoms with Gasteiger partial charge >= 0.3 is 12.0 Å². The highest BCUT2D eigenvalue weighted by atomic mass is 32.1. The SMILES string of the molecule is CC(C)C[C@@H](C(=O)O)N(Cc1cccc(-c2cc(C(N)=O)c(NC(N)=O)s2)c1)C(C)(C)C. The number of hydrogen-bond donors (Lipinski definition) is 4. The van der Waals surface area contributed by atoms with E-state index in [-0.39, 0.29) is 17.0 Å². The van der Waals surface area contributed by atoms with E-state index in [1.807, 2.05) is 63.8 Å². The molecular formula is C23H32N4O4S. The summed E-state index contributed by atoms with van der Waals surface area (Å²) in [6.45, 7) is 10.5. The highest BCUT2D eigenvalue weighted by molar-refractivity contribution is 7.20. The number of carboxylic acids is 1. The fourth-order valence-corrected chi connectivity index (χ4v) is 4.63. The number of hydrogen-bond acceptors (Lipinski definition) is 5. The van der Waals surface area contributed by atoms with Crippen LogP contribution in [0.15, 0.2) is 30.3 Å². The molecule has 9 heteroatoms. The van der Waals surface area contributed by atoms with Gasteiger partial charge in [-0.3, -0.25) is 19.8 Å². The number of nitrogens with one attached hydrogen (secondary N) is 1. The van der Waals surface area contributed by atoms with Gasteiger partial charge in [0.15, 0.2) is 0 Å². The number of nitrogens with two attached hydrogens (primary N) is 2. The second-order valence-electron chi connectivity index (χ2n) is 9.19. The fraction of sp³-hybridized carbons (Fsp3) is 0.435. The zero-order chi connectivity index (χ0) is 24.2. The van der Waals surface area contributed by atoms with E-state index in [0.717, 1.165) is 16.0 Å². The van der Waals surface area contributed by atoms with E-state index >= 15 is 0 Å². The number of amides is 3. The summed E-state index contributed by atoms with van der Waals surface area (Å²) in [7, 11) is 0. The van der Waals surface area contributed by atoms with Crippen molar-refractivity contribution in [1.29, 1.82) is 0 Å². The molecule has 174 valence electrons. The summed E-state index contributed by atoms with van der Waals surface area (Å²) in [6.07, 6.45) is 0.543. The molecule has 1 aromatic heterocycles. The lowest BCUT2D eigenvalue weighted by Crippen LogP contribution is -2.51. The minimum absolute atomic E-state index is 0.188. The summed E-state index contributed by atoms with van der Waals surface area (Å²) in [5, 5.41) is 12.6. The quantitative estimate of drug-likeness (QED) is 0.446. The number of benzene rings is 1. The van der Waals surface area contributed by atoms with Crippen LogP contribution in [0, 0.1) is 5.92 Å². The number of anilines is 1. The Morgan fingerprint density at radius 3 is 2.31 bits per heavy atom. The van der Waals surface area contributed by atoms with Crippen molar-refractivity contribution in [2.45, 2.75) is 59.2 Å². The minimum Gasteiger partial charge on any atom is -0.480 e. The molecule has 1 aromatic carbocycles. The molecule has 1 atom stereocenters. The number of primary amides is 2. The predicted molar refractivity (Wildman–Crippen MR) is 128 cm³/mol. The highest BCUT2D eigenvalue weighted by Crippen LogP contribution is 2.36. The van der Waals surface area contributed by atoms with Crippen LogP contribution >= 0.6 is 11.3 Å². The number of carbonyl (C=O) groups is 3. The van der Waals surface area contributed by atoms with Crippen molar-refractivity contribution < 1.29 is 19.5 Å². The van der Waals surface area contributed by atoms with Gasteiger partial charge in [0.1, 0.15) is 11.0 Å². The Balaban J connectivity index is 2.42. The molecule has 0 aliphatic heterocycles. The standard InChI is InChI=1S/C23H32N4O4S/c1-13(2)9-17(21(29)30)27(23(3,4)5)12-14-7-6-8-15(10-14)18-11-16(19(24)28)20(32-18)26-22(25)31/h6-8,10-11,13,17H,9,12H2,1-5H3,(H2,24,28)(H,29,30)(H3,25,26,31)/t17-/m0/s1. The van der Waals surface area contributed by atoms with Gasteiger partial charge in [0.25, 0.3) is 5.91 Å². The smallest absolute Gasteiger partial charge is 0.320 e. The first-order chi connectivity index (χ1) is 14.8. The summed E-state index contributed by atoms with van der Waals surface area (Å²) in [6, 6.07) is 7.90. The summed E-state index contributed by atoms with van der Waals surface area (Å²) in [4.78, 5) is 37.8. The van der Waals surface area contributed by atoms with Crippen molar-refractivity contribution >= 4 is 34.2 Å². The predicted octanol–water partition coefficient (Wildman–Crippen LogP) is 4.10. The third-order valence-electron chi connectivity index (χ3n) is 5.02. The molecule has 0 bridgehead atoms. The first kappa shape index (κ1) is 25.4. The van der Waals surface area contributed by atoms with Gasteiger partial charge in [0.2, 0.25) is 0 Å². The van der Waals surface area contributed by atoms with E-state index in [1.165, 1.54) is 11.3 Å². The molecule has 6 N–H and O–H groups in total. The zero-order valence-corrected chi connectivity index (χ0v) is 20.0. The maximum Gasteiger partial charge on any atom is 0.320 e. The molecule has 2 aromatic rings. The average Bonchev–Trinajstić information content (AvgIpc) is 3.07. The maximum atomic E-state index is 12.1. The molecule has 0 saturated carbocycles. The van der Waals surface area contributed by atoms with Gasteiger partial charge in [-0.25, -0.2) is 4.79 Å². The van der Waals surface area contributed by atoms with Gasteiger partial charge in [-0.2, -0.15) is 0 Å². The second kappa shape index (κ2) is 10.1. The van der Waals surface area contributed by atoms with Crippen LogP contribution in [0.1, 0.15) is 57.0 Å². The lowest BCUT2D eigenvalue weighted by Gasteiger charge is -2.40. The molecule has 1 heterocycles. The first-order valence-electron chi connectivity index (χ1n) is 10.4. The largest absolute Gasteiger partial charge is 0.480 e. The van der Waals surface area contributed by atoms with E-state index in [1.54, 1.807) is 6.07 Å². The first-order valence-corrected chi connectivity index (χ1v) is 11.2. The zero-order valence-electron chi connectivity index (χ0n) is 19.1. The van der Waals surface area contributed by atoms with Crippen LogP contribution < -0.4 is 16.8 Å². The van der Waals surface area contributed by atoms with E-state index < -0.39 is 23.9 Å². The molecule has 0 aliphatic rings. The van der Waals surface area contributed by atoms with Crippen molar-refractivity contribution in [1.82, 2.24) is 4.90 Å². The third kappa shape index (κ3) is 6.54. The summed E-state index contributed by atoms with van der Waals surface area (Å²) < 4.78 is 0. The van der Waals surface area contributed by atoms with Crippen molar-refractivity contribution in [3.63, 3.8) is 0 Å². The Labute approximate surface area is 192 Å². The van der Waals surface area contributed by atoms with Crippen LogP contribution in [0.25, 0.3) is 10.4 Å². The molecule has 0 fully saturated rings. The number of carboxylic acid groups (broad SMARTS) is 1. The van der Waals surface area contributed by atoms with Crippen molar-refractivity contribution in [3.8, 4) is 10.4 Å². The molecule has 0 radical (unpaired) electrons. The van der Waals surface area contributed by atoms with Crippen LogP contribution in [-0.4, -0.2) is 39.5 Å². The van der Waals surface area contributed by atoms with Crippen LogP contribution in [0.2, 0.25) is 0 Å². The lowest BCUT2D eigenvalue weighted by molar-refractivity contribution is -0.147.